The number of rotatable bonds is 4. The second-order valence-corrected chi connectivity index (χ2v) is 8.10. The molecule has 1 unspecified atom stereocenters. The first-order valence-electron chi connectivity index (χ1n) is 10.5. The van der Waals surface area contributed by atoms with E-state index in [0.717, 1.165) is 16.9 Å². The minimum absolute atomic E-state index is 0.139. The lowest BCUT2D eigenvalue weighted by Crippen LogP contribution is -2.54. The van der Waals surface area contributed by atoms with Gasteiger partial charge in [0.2, 0.25) is 0 Å². The molecule has 0 aliphatic carbocycles. The van der Waals surface area contributed by atoms with E-state index in [1.165, 1.54) is 18.2 Å². The van der Waals surface area contributed by atoms with Crippen molar-refractivity contribution in [3.05, 3.63) is 65.7 Å². The molecule has 3 amide bonds. The van der Waals surface area contributed by atoms with Gasteiger partial charge >= 0.3 is 6.03 Å². The molecule has 8 heteroatoms. The minimum Gasteiger partial charge on any atom is -0.340 e. The first-order chi connectivity index (χ1) is 14.9. The van der Waals surface area contributed by atoms with Gasteiger partial charge in [-0.3, -0.25) is 4.79 Å². The number of aromatic amines is 1. The standard InChI is InChI=1S/C23H26FN5O2/c1-15(2)20(21-25-18-8-3-4-9-19(18)26-21)27-23(31)29-12-10-28(11-13-29)22(30)16-6-5-7-17(24)14-16/h3-9,14-15,20H,10-13H2,1-2H3,(H,25,26)(H,27,31). The van der Waals surface area contributed by atoms with Crippen molar-refractivity contribution in [2.75, 3.05) is 26.2 Å². The molecule has 1 fully saturated rings. The summed E-state index contributed by atoms with van der Waals surface area (Å²) in [7, 11) is 0. The van der Waals surface area contributed by atoms with Crippen molar-refractivity contribution in [1.29, 1.82) is 0 Å². The molecule has 3 aromatic rings. The van der Waals surface area contributed by atoms with Gasteiger partial charge in [0.15, 0.2) is 0 Å². The average Bonchev–Trinajstić information content (AvgIpc) is 3.20. The first kappa shape index (κ1) is 20.8. The van der Waals surface area contributed by atoms with Crippen LogP contribution in [0.4, 0.5) is 9.18 Å². The summed E-state index contributed by atoms with van der Waals surface area (Å²) in [5, 5.41) is 3.09. The van der Waals surface area contributed by atoms with Gasteiger partial charge in [0.1, 0.15) is 11.6 Å². The van der Waals surface area contributed by atoms with Crippen LogP contribution in [0.15, 0.2) is 48.5 Å². The van der Waals surface area contributed by atoms with Gasteiger partial charge < -0.3 is 20.1 Å². The number of hydrogen-bond acceptors (Lipinski definition) is 3. The Morgan fingerprint density at radius 3 is 2.42 bits per heavy atom. The molecule has 1 aliphatic heterocycles. The summed E-state index contributed by atoms with van der Waals surface area (Å²) in [5.74, 6) is 0.209. The van der Waals surface area contributed by atoms with Gasteiger partial charge in [-0.15, -0.1) is 0 Å². The van der Waals surface area contributed by atoms with Crippen LogP contribution in [0.25, 0.3) is 11.0 Å². The normalized spacial score (nSPS) is 15.4. The SMILES string of the molecule is CC(C)C(NC(=O)N1CCN(C(=O)c2cccc(F)c2)CC1)c1nc2ccccc2[nH]1. The Labute approximate surface area is 180 Å². The maximum atomic E-state index is 13.4. The molecule has 1 aliphatic rings. The van der Waals surface area contributed by atoms with E-state index < -0.39 is 5.82 Å². The van der Waals surface area contributed by atoms with Crippen LogP contribution < -0.4 is 5.32 Å². The monoisotopic (exact) mass is 423 g/mol. The van der Waals surface area contributed by atoms with Crippen molar-refractivity contribution in [3.63, 3.8) is 0 Å². The van der Waals surface area contributed by atoms with Gasteiger partial charge in [-0.2, -0.15) is 0 Å². The third kappa shape index (κ3) is 4.52. The van der Waals surface area contributed by atoms with E-state index in [2.05, 4.69) is 15.3 Å². The molecule has 0 radical (unpaired) electrons. The number of fused-ring (bicyclic) bond motifs is 1. The summed E-state index contributed by atoms with van der Waals surface area (Å²) in [5.41, 5.74) is 2.12. The van der Waals surface area contributed by atoms with Gasteiger partial charge in [0, 0.05) is 31.7 Å². The maximum Gasteiger partial charge on any atom is 0.318 e. The lowest BCUT2D eigenvalue weighted by molar-refractivity contribution is 0.0662. The van der Waals surface area contributed by atoms with Crippen molar-refractivity contribution in [2.24, 2.45) is 5.92 Å². The third-order valence-electron chi connectivity index (χ3n) is 5.57. The highest BCUT2D eigenvalue weighted by Gasteiger charge is 2.28. The Kier molecular flexibility index (Phi) is 5.88. The molecule has 2 N–H and O–H groups in total. The third-order valence-corrected chi connectivity index (χ3v) is 5.57. The van der Waals surface area contributed by atoms with Crippen LogP contribution in [-0.2, 0) is 0 Å². The fourth-order valence-corrected chi connectivity index (χ4v) is 3.81. The Morgan fingerprint density at radius 2 is 1.74 bits per heavy atom. The maximum absolute atomic E-state index is 13.4. The van der Waals surface area contributed by atoms with E-state index in [1.54, 1.807) is 15.9 Å². The van der Waals surface area contributed by atoms with Crippen molar-refractivity contribution in [3.8, 4) is 0 Å². The Hall–Kier alpha value is -3.42. The highest BCUT2D eigenvalue weighted by molar-refractivity contribution is 5.94. The number of imidazole rings is 1. The van der Waals surface area contributed by atoms with Crippen LogP contribution in [0.5, 0.6) is 0 Å². The molecule has 0 saturated carbocycles. The zero-order chi connectivity index (χ0) is 22.0. The molecule has 1 saturated heterocycles. The summed E-state index contributed by atoms with van der Waals surface area (Å²) in [4.78, 5) is 36.8. The predicted molar refractivity (Wildman–Crippen MR) is 116 cm³/mol. The molecule has 0 bridgehead atoms. The van der Waals surface area contributed by atoms with E-state index in [9.17, 15) is 14.0 Å². The average molecular weight is 423 g/mol. The van der Waals surface area contributed by atoms with E-state index >= 15 is 0 Å². The topological polar surface area (TPSA) is 81.3 Å². The molecule has 7 nitrogen and oxygen atoms in total. The molecule has 31 heavy (non-hydrogen) atoms. The first-order valence-corrected chi connectivity index (χ1v) is 10.5. The Bertz CT molecular complexity index is 1060. The summed E-state index contributed by atoms with van der Waals surface area (Å²) in [6.07, 6.45) is 0. The number of amides is 3. The molecule has 162 valence electrons. The zero-order valence-electron chi connectivity index (χ0n) is 17.6. The molecule has 1 aromatic heterocycles. The molecule has 2 heterocycles. The molecule has 1 atom stereocenters. The number of hydrogen-bond donors (Lipinski definition) is 2. The number of urea groups is 1. The number of carbonyl (C=O) groups excluding carboxylic acids is 2. The van der Waals surface area contributed by atoms with Crippen LogP contribution in [-0.4, -0.2) is 57.9 Å². The van der Waals surface area contributed by atoms with Crippen LogP contribution in [0.1, 0.15) is 36.1 Å². The molecule has 2 aromatic carbocycles. The van der Waals surface area contributed by atoms with Crippen LogP contribution in [0.3, 0.4) is 0 Å². The molecule has 4 rings (SSSR count). The Morgan fingerprint density at radius 1 is 1.03 bits per heavy atom. The van der Waals surface area contributed by atoms with Gasteiger partial charge in [-0.05, 0) is 36.2 Å². The van der Waals surface area contributed by atoms with Crippen molar-refractivity contribution >= 4 is 23.0 Å². The zero-order valence-corrected chi connectivity index (χ0v) is 17.6. The van der Waals surface area contributed by atoms with Crippen molar-refractivity contribution in [1.82, 2.24) is 25.1 Å². The lowest BCUT2D eigenvalue weighted by Gasteiger charge is -2.35. The number of aromatic nitrogens is 2. The fourth-order valence-electron chi connectivity index (χ4n) is 3.81. The smallest absolute Gasteiger partial charge is 0.318 e. The van der Waals surface area contributed by atoms with Gasteiger partial charge in [-0.25, -0.2) is 14.2 Å². The number of para-hydroxylation sites is 2. The van der Waals surface area contributed by atoms with E-state index in [1.807, 2.05) is 38.1 Å². The molecular weight excluding hydrogens is 397 g/mol. The van der Waals surface area contributed by atoms with Crippen LogP contribution >= 0.6 is 0 Å². The largest absolute Gasteiger partial charge is 0.340 e. The number of carbonyl (C=O) groups is 2. The highest BCUT2D eigenvalue weighted by atomic mass is 19.1. The fraction of sp³-hybridized carbons (Fsp3) is 0.348. The number of halogens is 1. The number of H-pyrrole nitrogens is 1. The van der Waals surface area contributed by atoms with Crippen molar-refractivity contribution < 1.29 is 14.0 Å². The van der Waals surface area contributed by atoms with E-state index in [-0.39, 0.29) is 23.9 Å². The second kappa shape index (κ2) is 8.75. The summed E-state index contributed by atoms with van der Waals surface area (Å²) in [6.45, 7) is 5.70. The highest BCUT2D eigenvalue weighted by Crippen LogP contribution is 2.22. The van der Waals surface area contributed by atoms with E-state index in [4.69, 9.17) is 0 Å². The molecule has 0 spiro atoms. The number of piperazine rings is 1. The number of nitrogens with one attached hydrogen (secondary N) is 2. The summed E-state index contributed by atoms with van der Waals surface area (Å²) >= 11 is 0. The summed E-state index contributed by atoms with van der Waals surface area (Å²) < 4.78 is 13.4. The predicted octanol–water partition coefficient (Wildman–Crippen LogP) is 3.57. The number of benzene rings is 2. The lowest BCUT2D eigenvalue weighted by atomic mass is 10.0. The van der Waals surface area contributed by atoms with E-state index in [0.29, 0.717) is 31.7 Å². The van der Waals surface area contributed by atoms with Gasteiger partial charge in [0.05, 0.1) is 17.1 Å². The quantitative estimate of drug-likeness (QED) is 0.673. The second-order valence-electron chi connectivity index (χ2n) is 8.10. The van der Waals surface area contributed by atoms with Crippen LogP contribution in [0.2, 0.25) is 0 Å². The number of nitrogens with zero attached hydrogens (tertiary/aromatic N) is 3. The van der Waals surface area contributed by atoms with Gasteiger partial charge in [0.25, 0.3) is 5.91 Å². The van der Waals surface area contributed by atoms with Crippen LogP contribution in [0, 0.1) is 11.7 Å². The minimum atomic E-state index is -0.436. The Balaban J connectivity index is 1.39. The van der Waals surface area contributed by atoms with Crippen molar-refractivity contribution in [2.45, 2.75) is 19.9 Å². The van der Waals surface area contributed by atoms with Gasteiger partial charge in [-0.1, -0.05) is 32.0 Å². The molecular formula is C23H26FN5O2. The summed E-state index contributed by atoms with van der Waals surface area (Å²) in [6, 6.07) is 13.0.